The van der Waals surface area contributed by atoms with Crippen LogP contribution in [0.3, 0.4) is 0 Å². The summed E-state index contributed by atoms with van der Waals surface area (Å²) in [6.45, 7) is 1.87. The number of hydrogen-bond acceptors (Lipinski definition) is 4. The maximum Gasteiger partial charge on any atom is 0.274 e. The van der Waals surface area contributed by atoms with Crippen molar-refractivity contribution in [2.45, 2.75) is 6.92 Å². The number of carbonyl (C=O) groups is 2. The van der Waals surface area contributed by atoms with Gasteiger partial charge in [0, 0.05) is 24.6 Å². The first-order valence-electron chi connectivity index (χ1n) is 8.12. The molecule has 2 heterocycles. The second-order valence-corrected chi connectivity index (χ2v) is 5.96. The number of likely N-dealkylation sites (N-methyl/N-ethyl adjacent to an activating group) is 1. The third-order valence-corrected chi connectivity index (χ3v) is 4.02. The van der Waals surface area contributed by atoms with E-state index in [1.807, 2.05) is 29.5 Å². The highest BCUT2D eigenvalue weighted by molar-refractivity contribution is 5.98. The quantitative estimate of drug-likeness (QED) is 0.765. The van der Waals surface area contributed by atoms with Gasteiger partial charge in [0.1, 0.15) is 17.1 Å². The zero-order valence-electron chi connectivity index (χ0n) is 14.9. The molecular weight excluding hydrogens is 332 g/mol. The van der Waals surface area contributed by atoms with Crippen molar-refractivity contribution in [2.75, 3.05) is 26.0 Å². The Balaban J connectivity index is 1.65. The van der Waals surface area contributed by atoms with E-state index in [1.54, 1.807) is 44.6 Å². The number of hydrogen-bond donors (Lipinski definition) is 1. The number of fused-ring (bicyclic) bond motifs is 1. The summed E-state index contributed by atoms with van der Waals surface area (Å²) in [5.41, 5.74) is 2.62. The number of anilines is 1. The molecule has 0 spiro atoms. The number of nitrogens with zero attached hydrogens (tertiary/aromatic N) is 3. The number of nitrogens with one attached hydrogen (secondary N) is 1. The zero-order chi connectivity index (χ0) is 18.7. The van der Waals surface area contributed by atoms with E-state index in [1.165, 1.54) is 4.90 Å². The molecule has 0 atom stereocenters. The summed E-state index contributed by atoms with van der Waals surface area (Å²) < 4.78 is 6.92. The molecule has 2 aromatic heterocycles. The van der Waals surface area contributed by atoms with Gasteiger partial charge >= 0.3 is 0 Å². The van der Waals surface area contributed by atoms with Gasteiger partial charge in [-0.15, -0.1) is 0 Å². The van der Waals surface area contributed by atoms with Gasteiger partial charge in [-0.2, -0.15) is 0 Å². The fourth-order valence-corrected chi connectivity index (χ4v) is 2.61. The Morgan fingerprint density at radius 3 is 2.58 bits per heavy atom. The summed E-state index contributed by atoms with van der Waals surface area (Å²) in [7, 11) is 3.15. The molecule has 3 aromatic rings. The topological polar surface area (TPSA) is 75.9 Å². The maximum atomic E-state index is 12.6. The molecule has 1 aromatic carbocycles. The third kappa shape index (κ3) is 3.66. The third-order valence-electron chi connectivity index (χ3n) is 4.02. The molecule has 0 bridgehead atoms. The first kappa shape index (κ1) is 17.5. The summed E-state index contributed by atoms with van der Waals surface area (Å²) in [6, 6.07) is 12.6. The molecule has 0 radical (unpaired) electrons. The van der Waals surface area contributed by atoms with E-state index in [0.717, 1.165) is 5.69 Å². The second-order valence-electron chi connectivity index (χ2n) is 5.96. The number of ether oxygens (including phenoxy) is 1. The summed E-state index contributed by atoms with van der Waals surface area (Å²) >= 11 is 0. The van der Waals surface area contributed by atoms with E-state index in [-0.39, 0.29) is 18.4 Å². The Morgan fingerprint density at radius 2 is 1.92 bits per heavy atom. The zero-order valence-corrected chi connectivity index (χ0v) is 14.9. The average molecular weight is 352 g/mol. The molecule has 0 aliphatic rings. The minimum absolute atomic E-state index is 0.0717. The minimum Gasteiger partial charge on any atom is -0.497 e. The van der Waals surface area contributed by atoms with E-state index in [0.29, 0.717) is 22.8 Å². The van der Waals surface area contributed by atoms with Gasteiger partial charge in [-0.3, -0.25) is 9.59 Å². The highest BCUT2D eigenvalue weighted by Gasteiger charge is 2.18. The van der Waals surface area contributed by atoms with Crippen LogP contribution >= 0.6 is 0 Å². The maximum absolute atomic E-state index is 12.6. The minimum atomic E-state index is -0.307. The fourth-order valence-electron chi connectivity index (χ4n) is 2.61. The van der Waals surface area contributed by atoms with Gasteiger partial charge in [0.05, 0.1) is 13.7 Å². The van der Waals surface area contributed by atoms with Crippen LogP contribution in [0.1, 0.15) is 16.2 Å². The number of pyridine rings is 1. The normalized spacial score (nSPS) is 10.6. The summed E-state index contributed by atoms with van der Waals surface area (Å²) in [4.78, 5) is 30.4. The van der Waals surface area contributed by atoms with E-state index < -0.39 is 0 Å². The van der Waals surface area contributed by atoms with Crippen molar-refractivity contribution in [1.82, 2.24) is 14.3 Å². The molecule has 0 fully saturated rings. The van der Waals surface area contributed by atoms with Crippen LogP contribution in [0.2, 0.25) is 0 Å². The first-order chi connectivity index (χ1) is 12.5. The number of aromatic nitrogens is 2. The van der Waals surface area contributed by atoms with Crippen LogP contribution < -0.4 is 10.1 Å². The van der Waals surface area contributed by atoms with E-state index >= 15 is 0 Å². The van der Waals surface area contributed by atoms with Crippen LogP contribution in [0, 0.1) is 6.92 Å². The van der Waals surface area contributed by atoms with E-state index in [2.05, 4.69) is 10.3 Å². The van der Waals surface area contributed by atoms with Crippen LogP contribution in [0.5, 0.6) is 5.75 Å². The second kappa shape index (κ2) is 7.26. The molecule has 7 nitrogen and oxygen atoms in total. The Bertz CT molecular complexity index is 947. The standard InChI is InChI=1S/C19H20N4O3/c1-13-5-4-6-17-21-16(11-23(13)17)19(25)22(2)12-18(24)20-14-7-9-15(26-3)10-8-14/h4-11H,12H2,1-3H3,(H,20,24). The number of methoxy groups -OCH3 is 1. The molecular formula is C19H20N4O3. The van der Waals surface area contributed by atoms with Crippen molar-refractivity contribution in [3.8, 4) is 5.75 Å². The number of carbonyl (C=O) groups excluding carboxylic acids is 2. The predicted molar refractivity (Wildman–Crippen MR) is 98.5 cm³/mol. The van der Waals surface area contributed by atoms with Gasteiger partial charge in [0.2, 0.25) is 5.91 Å². The van der Waals surface area contributed by atoms with Gasteiger partial charge in [-0.25, -0.2) is 4.98 Å². The van der Waals surface area contributed by atoms with Crippen molar-refractivity contribution in [3.05, 3.63) is 60.0 Å². The number of aryl methyl sites for hydroxylation is 1. The number of rotatable bonds is 5. The summed E-state index contributed by atoms with van der Waals surface area (Å²) in [5, 5.41) is 2.75. The van der Waals surface area contributed by atoms with Crippen LogP contribution in [0.25, 0.3) is 5.65 Å². The van der Waals surface area contributed by atoms with Crippen LogP contribution in [0.4, 0.5) is 5.69 Å². The monoisotopic (exact) mass is 352 g/mol. The lowest BCUT2D eigenvalue weighted by Gasteiger charge is -2.15. The smallest absolute Gasteiger partial charge is 0.274 e. The predicted octanol–water partition coefficient (Wildman–Crippen LogP) is 2.36. The average Bonchev–Trinajstić information content (AvgIpc) is 3.07. The molecule has 26 heavy (non-hydrogen) atoms. The van der Waals surface area contributed by atoms with Gasteiger partial charge in [-0.1, -0.05) is 6.07 Å². The van der Waals surface area contributed by atoms with Gasteiger partial charge in [-0.05, 0) is 43.3 Å². The fraction of sp³-hybridized carbons (Fsp3) is 0.211. The molecule has 3 rings (SSSR count). The highest BCUT2D eigenvalue weighted by atomic mass is 16.5. The van der Waals surface area contributed by atoms with Crippen LogP contribution in [0.15, 0.2) is 48.7 Å². The number of benzene rings is 1. The SMILES string of the molecule is COc1ccc(NC(=O)CN(C)C(=O)c2cn3c(C)cccc3n2)cc1. The molecule has 0 aliphatic carbocycles. The van der Waals surface area contributed by atoms with E-state index in [9.17, 15) is 9.59 Å². The van der Waals surface area contributed by atoms with Crippen molar-refractivity contribution >= 4 is 23.1 Å². The molecule has 7 heteroatoms. The lowest BCUT2D eigenvalue weighted by Crippen LogP contribution is -2.35. The first-order valence-corrected chi connectivity index (χ1v) is 8.12. The summed E-state index contributed by atoms with van der Waals surface area (Å²) in [5.74, 6) is 0.112. The van der Waals surface area contributed by atoms with Gasteiger partial charge in [0.15, 0.2) is 0 Å². The largest absolute Gasteiger partial charge is 0.497 e. The van der Waals surface area contributed by atoms with Crippen LogP contribution in [-0.4, -0.2) is 46.8 Å². The van der Waals surface area contributed by atoms with Gasteiger partial charge < -0.3 is 19.4 Å². The molecule has 134 valence electrons. The number of imidazole rings is 1. The lowest BCUT2D eigenvalue weighted by atomic mass is 10.3. The Hall–Kier alpha value is -3.35. The van der Waals surface area contributed by atoms with Crippen molar-refractivity contribution in [3.63, 3.8) is 0 Å². The molecule has 0 saturated carbocycles. The van der Waals surface area contributed by atoms with Crippen molar-refractivity contribution in [1.29, 1.82) is 0 Å². The van der Waals surface area contributed by atoms with Crippen molar-refractivity contribution in [2.24, 2.45) is 0 Å². The highest BCUT2D eigenvalue weighted by Crippen LogP contribution is 2.15. The molecule has 0 saturated heterocycles. The lowest BCUT2D eigenvalue weighted by molar-refractivity contribution is -0.116. The van der Waals surface area contributed by atoms with Crippen LogP contribution in [-0.2, 0) is 4.79 Å². The van der Waals surface area contributed by atoms with E-state index in [4.69, 9.17) is 4.74 Å². The molecule has 0 aliphatic heterocycles. The molecule has 1 N–H and O–H groups in total. The Kier molecular flexibility index (Phi) is 4.88. The summed E-state index contributed by atoms with van der Waals surface area (Å²) in [6.07, 6.45) is 1.69. The van der Waals surface area contributed by atoms with Crippen molar-refractivity contribution < 1.29 is 14.3 Å². The molecule has 2 amide bonds. The van der Waals surface area contributed by atoms with Gasteiger partial charge in [0.25, 0.3) is 5.91 Å². The Morgan fingerprint density at radius 1 is 1.19 bits per heavy atom. The Labute approximate surface area is 151 Å². The number of amides is 2. The molecule has 0 unspecified atom stereocenters.